The summed E-state index contributed by atoms with van der Waals surface area (Å²) >= 11 is 0. The lowest BCUT2D eigenvalue weighted by molar-refractivity contribution is -0.136. The second kappa shape index (κ2) is 5.75. The molecule has 0 aromatic carbocycles. The van der Waals surface area contributed by atoms with E-state index in [-0.39, 0.29) is 12.1 Å². The molecule has 110 valence electrons. The van der Waals surface area contributed by atoms with Gasteiger partial charge in [-0.25, -0.2) is 4.79 Å². The van der Waals surface area contributed by atoms with Crippen molar-refractivity contribution in [2.24, 2.45) is 0 Å². The van der Waals surface area contributed by atoms with E-state index in [0.29, 0.717) is 23.8 Å². The van der Waals surface area contributed by atoms with E-state index in [1.165, 1.54) is 0 Å². The summed E-state index contributed by atoms with van der Waals surface area (Å²) in [6, 6.07) is 0.327. The molecular weight excluding hydrogens is 258 g/mol. The minimum atomic E-state index is -0.902. The van der Waals surface area contributed by atoms with Crippen molar-refractivity contribution in [1.29, 1.82) is 0 Å². The van der Waals surface area contributed by atoms with Crippen LogP contribution >= 0.6 is 0 Å². The highest BCUT2D eigenvalue weighted by atomic mass is 16.4. The first-order chi connectivity index (χ1) is 9.40. The van der Waals surface area contributed by atoms with Crippen molar-refractivity contribution in [3.63, 3.8) is 0 Å². The second-order valence-electron chi connectivity index (χ2n) is 5.50. The van der Waals surface area contributed by atoms with Crippen molar-refractivity contribution in [2.45, 2.75) is 45.7 Å². The molecule has 0 bridgehead atoms. The van der Waals surface area contributed by atoms with Crippen LogP contribution in [-0.4, -0.2) is 45.2 Å². The third-order valence-electron chi connectivity index (χ3n) is 4.17. The highest BCUT2D eigenvalue weighted by molar-refractivity contribution is 5.70. The molecule has 6 heteroatoms. The van der Waals surface area contributed by atoms with Crippen molar-refractivity contribution in [3.8, 4) is 0 Å². The van der Waals surface area contributed by atoms with Gasteiger partial charge in [0.25, 0.3) is 0 Å². The second-order valence-corrected chi connectivity index (χ2v) is 5.50. The average molecular weight is 279 g/mol. The van der Waals surface area contributed by atoms with Gasteiger partial charge in [0.15, 0.2) is 0 Å². The Balaban J connectivity index is 2.37. The van der Waals surface area contributed by atoms with Gasteiger partial charge in [-0.15, -0.1) is 0 Å². The molecule has 1 aromatic heterocycles. The van der Waals surface area contributed by atoms with Gasteiger partial charge in [0.2, 0.25) is 0 Å². The van der Waals surface area contributed by atoms with E-state index in [4.69, 9.17) is 5.11 Å². The maximum atomic E-state index is 12.1. The molecular formula is C14H21N3O3. The van der Waals surface area contributed by atoms with Gasteiger partial charge in [-0.3, -0.25) is 9.36 Å². The molecule has 1 N–H and O–H groups in total. The summed E-state index contributed by atoms with van der Waals surface area (Å²) in [5, 5.41) is 8.98. The minimum Gasteiger partial charge on any atom is -0.481 e. The highest BCUT2D eigenvalue weighted by Gasteiger charge is 2.23. The fraction of sp³-hybridized carbons (Fsp3) is 0.643. The van der Waals surface area contributed by atoms with Gasteiger partial charge in [0.1, 0.15) is 0 Å². The third-order valence-corrected chi connectivity index (χ3v) is 4.17. The molecule has 1 aromatic rings. The molecule has 2 rings (SSSR count). The van der Waals surface area contributed by atoms with Crippen LogP contribution in [0.4, 0.5) is 0 Å². The van der Waals surface area contributed by atoms with Crippen LogP contribution in [0.2, 0.25) is 0 Å². The minimum absolute atomic E-state index is 0.0918. The number of aromatic nitrogens is 2. The number of likely N-dealkylation sites (tertiary alicyclic amines) is 1. The van der Waals surface area contributed by atoms with E-state index in [9.17, 15) is 9.59 Å². The normalized spacial score (nSPS) is 19.4. The average Bonchev–Trinajstić information content (AvgIpc) is 2.75. The van der Waals surface area contributed by atoms with Gasteiger partial charge in [-0.05, 0) is 40.3 Å². The van der Waals surface area contributed by atoms with Gasteiger partial charge in [-0.2, -0.15) is 4.98 Å². The standard InChI is InChI=1S/C14H21N3O3/c1-9-12(7-13(18)19)10(2)17(14(20)15-9)8-11-5-4-6-16(11)3/h11H,4-8H2,1-3H3,(H,18,19). The molecule has 20 heavy (non-hydrogen) atoms. The first kappa shape index (κ1) is 14.7. The first-order valence-corrected chi connectivity index (χ1v) is 6.89. The van der Waals surface area contributed by atoms with Crippen molar-refractivity contribution in [1.82, 2.24) is 14.5 Å². The highest BCUT2D eigenvalue weighted by Crippen LogP contribution is 2.18. The topological polar surface area (TPSA) is 75.4 Å². The van der Waals surface area contributed by atoms with Crippen LogP contribution in [0.25, 0.3) is 0 Å². The van der Waals surface area contributed by atoms with Crippen LogP contribution in [0, 0.1) is 13.8 Å². The summed E-state index contributed by atoms with van der Waals surface area (Å²) in [6.07, 6.45) is 2.10. The molecule has 0 spiro atoms. The van der Waals surface area contributed by atoms with E-state index in [2.05, 4.69) is 16.9 Å². The SMILES string of the molecule is Cc1nc(=O)n(CC2CCCN2C)c(C)c1CC(=O)O. The number of rotatable bonds is 4. The molecule has 1 unspecified atom stereocenters. The van der Waals surface area contributed by atoms with Crippen molar-refractivity contribution in [3.05, 3.63) is 27.4 Å². The zero-order valence-corrected chi connectivity index (χ0v) is 12.2. The number of carboxylic acid groups (broad SMARTS) is 1. The van der Waals surface area contributed by atoms with Crippen LogP contribution in [0.1, 0.15) is 29.8 Å². The maximum Gasteiger partial charge on any atom is 0.348 e. The number of likely N-dealkylation sites (N-methyl/N-ethyl adjacent to an activating group) is 1. The Morgan fingerprint density at radius 3 is 2.70 bits per heavy atom. The Hall–Kier alpha value is -1.69. The lowest BCUT2D eigenvalue weighted by atomic mass is 10.1. The number of hydrogen-bond donors (Lipinski definition) is 1. The van der Waals surface area contributed by atoms with E-state index in [0.717, 1.165) is 25.1 Å². The summed E-state index contributed by atoms with van der Waals surface area (Å²) in [5.74, 6) is -0.902. The number of carboxylic acids is 1. The van der Waals surface area contributed by atoms with Gasteiger partial charge in [0, 0.05) is 29.5 Å². The zero-order valence-electron chi connectivity index (χ0n) is 12.2. The van der Waals surface area contributed by atoms with Crippen molar-refractivity contribution < 1.29 is 9.90 Å². The fourth-order valence-corrected chi connectivity index (χ4v) is 2.88. The van der Waals surface area contributed by atoms with E-state index in [1.54, 1.807) is 11.5 Å². The summed E-state index contributed by atoms with van der Waals surface area (Å²) < 4.78 is 1.62. The van der Waals surface area contributed by atoms with E-state index in [1.807, 2.05) is 6.92 Å². The van der Waals surface area contributed by atoms with E-state index >= 15 is 0 Å². The van der Waals surface area contributed by atoms with Crippen molar-refractivity contribution >= 4 is 5.97 Å². The predicted octanol–water partition coefficient (Wildman–Crippen LogP) is 0.581. The first-order valence-electron chi connectivity index (χ1n) is 6.89. The molecule has 0 radical (unpaired) electrons. The monoisotopic (exact) mass is 279 g/mol. The Bertz CT molecular complexity index is 580. The Labute approximate surface area is 118 Å². The smallest absolute Gasteiger partial charge is 0.348 e. The number of aryl methyl sites for hydroxylation is 1. The van der Waals surface area contributed by atoms with Crippen LogP contribution in [0.15, 0.2) is 4.79 Å². The van der Waals surface area contributed by atoms with Gasteiger partial charge in [0.05, 0.1) is 6.42 Å². The lowest BCUT2D eigenvalue weighted by Gasteiger charge is -2.22. The molecule has 1 fully saturated rings. The number of nitrogens with zero attached hydrogens (tertiary/aromatic N) is 3. The maximum absolute atomic E-state index is 12.1. The summed E-state index contributed by atoms with van der Waals surface area (Å²) in [6.45, 7) is 5.13. The molecule has 0 amide bonds. The molecule has 2 heterocycles. The zero-order chi connectivity index (χ0) is 14.9. The lowest BCUT2D eigenvalue weighted by Crippen LogP contribution is -2.36. The molecule has 1 aliphatic heterocycles. The van der Waals surface area contributed by atoms with Crippen LogP contribution in [-0.2, 0) is 17.8 Å². The van der Waals surface area contributed by atoms with E-state index < -0.39 is 5.97 Å². The number of hydrogen-bond acceptors (Lipinski definition) is 4. The Kier molecular flexibility index (Phi) is 4.23. The quantitative estimate of drug-likeness (QED) is 0.872. The largest absolute Gasteiger partial charge is 0.481 e. The van der Waals surface area contributed by atoms with Crippen LogP contribution < -0.4 is 5.69 Å². The Morgan fingerprint density at radius 1 is 1.45 bits per heavy atom. The van der Waals surface area contributed by atoms with Gasteiger partial charge < -0.3 is 10.0 Å². The summed E-state index contributed by atoms with van der Waals surface area (Å²) in [4.78, 5) is 29.2. The predicted molar refractivity (Wildman–Crippen MR) is 75.0 cm³/mol. The van der Waals surface area contributed by atoms with Crippen molar-refractivity contribution in [2.75, 3.05) is 13.6 Å². The fourth-order valence-electron chi connectivity index (χ4n) is 2.88. The molecule has 1 aliphatic rings. The Morgan fingerprint density at radius 2 is 2.15 bits per heavy atom. The summed E-state index contributed by atoms with van der Waals surface area (Å²) in [5.41, 5.74) is 1.61. The van der Waals surface area contributed by atoms with Gasteiger partial charge in [-0.1, -0.05) is 0 Å². The van der Waals surface area contributed by atoms with Crippen LogP contribution in [0.3, 0.4) is 0 Å². The molecule has 1 saturated heterocycles. The van der Waals surface area contributed by atoms with Gasteiger partial charge >= 0.3 is 11.7 Å². The molecule has 6 nitrogen and oxygen atoms in total. The number of carbonyl (C=O) groups is 1. The number of aliphatic carboxylic acids is 1. The third kappa shape index (κ3) is 2.90. The molecule has 0 saturated carbocycles. The molecule has 0 aliphatic carbocycles. The molecule has 1 atom stereocenters. The van der Waals surface area contributed by atoms with Crippen LogP contribution in [0.5, 0.6) is 0 Å². The summed E-state index contributed by atoms with van der Waals surface area (Å²) in [7, 11) is 2.05.